The number of benzene rings is 2. The van der Waals surface area contributed by atoms with E-state index in [2.05, 4.69) is 11.4 Å². The number of furan rings is 1. The molecule has 35 heavy (non-hydrogen) atoms. The molecule has 3 aromatic rings. The number of hydrogen-bond donors (Lipinski definition) is 1. The fourth-order valence-electron chi connectivity index (χ4n) is 4.88. The normalized spacial score (nSPS) is 19.3. The van der Waals surface area contributed by atoms with Crippen LogP contribution in [0.5, 0.6) is 5.75 Å². The highest BCUT2D eigenvalue weighted by atomic mass is 16.5. The van der Waals surface area contributed by atoms with Gasteiger partial charge in [0, 0.05) is 19.7 Å². The largest absolute Gasteiger partial charge is 0.484 e. The smallest absolute Gasteiger partial charge is 0.290 e. The number of rotatable bonds is 7. The molecule has 1 aromatic heterocycles. The Morgan fingerprint density at radius 1 is 1.14 bits per heavy atom. The lowest BCUT2D eigenvalue weighted by Crippen LogP contribution is -2.40. The minimum absolute atomic E-state index is 0.0738. The van der Waals surface area contributed by atoms with Gasteiger partial charge in [0.2, 0.25) is 0 Å². The lowest BCUT2D eigenvalue weighted by molar-refractivity contribution is -0.123. The molecule has 5 rings (SSSR count). The fraction of sp³-hybridized carbons (Fsp3) is 0.357. The molecular weight excluding hydrogens is 444 g/mol. The summed E-state index contributed by atoms with van der Waals surface area (Å²) >= 11 is 0. The van der Waals surface area contributed by atoms with Crippen molar-refractivity contribution in [2.45, 2.75) is 38.3 Å². The lowest BCUT2D eigenvalue weighted by Gasteiger charge is -2.37. The molecule has 1 N–H and O–H groups in total. The number of carbonyl (C=O) groups excluding carboxylic acids is 2. The average molecular weight is 475 g/mol. The van der Waals surface area contributed by atoms with E-state index in [1.54, 1.807) is 12.1 Å². The third-order valence-corrected chi connectivity index (χ3v) is 6.62. The van der Waals surface area contributed by atoms with Crippen molar-refractivity contribution in [2.24, 2.45) is 0 Å². The molecule has 0 unspecified atom stereocenters. The summed E-state index contributed by atoms with van der Waals surface area (Å²) in [5, 5.41) is 2.88. The van der Waals surface area contributed by atoms with Crippen molar-refractivity contribution in [3.05, 3.63) is 88.9 Å². The number of nitrogens with one attached hydrogen (secondary N) is 1. The Hall–Kier alpha value is -3.58. The summed E-state index contributed by atoms with van der Waals surface area (Å²) in [5.41, 5.74) is 4.31. The molecule has 0 saturated carbocycles. The molecule has 0 spiro atoms. The molecule has 2 atom stereocenters. The highest BCUT2D eigenvalue weighted by Gasteiger charge is 2.34. The Balaban J connectivity index is 1.37. The first-order valence-corrected chi connectivity index (χ1v) is 12.1. The zero-order valence-electron chi connectivity index (χ0n) is 19.9. The Bertz CT molecular complexity index is 1180. The van der Waals surface area contributed by atoms with Crippen molar-refractivity contribution in [3.63, 3.8) is 0 Å². The highest BCUT2D eigenvalue weighted by Crippen LogP contribution is 2.38. The molecule has 2 aliphatic heterocycles. The van der Waals surface area contributed by atoms with E-state index in [-0.39, 0.29) is 30.6 Å². The van der Waals surface area contributed by atoms with E-state index in [4.69, 9.17) is 13.9 Å². The standard InChI is InChI=1S/C28H30N2O5/c1-19-5-2-6-21(15-19)27-24-16-22(35-18-26(31)29-17-23-7-3-13-33-23)10-9-20(24)11-12-30(27)28(32)25-8-4-14-34-25/h2,4-6,8-10,14-16,23,27H,3,7,11-13,17-18H2,1H3,(H,29,31)/t23-,27+/m0/s1. The Morgan fingerprint density at radius 3 is 2.83 bits per heavy atom. The summed E-state index contributed by atoms with van der Waals surface area (Å²) in [6.45, 7) is 3.81. The first kappa shape index (κ1) is 23.2. The van der Waals surface area contributed by atoms with Gasteiger partial charge in [-0.05, 0) is 67.1 Å². The lowest BCUT2D eigenvalue weighted by atomic mass is 9.87. The first-order valence-electron chi connectivity index (χ1n) is 12.1. The Kier molecular flexibility index (Phi) is 6.86. The van der Waals surface area contributed by atoms with Gasteiger partial charge in [-0.1, -0.05) is 35.9 Å². The molecule has 7 nitrogen and oxygen atoms in total. The molecule has 182 valence electrons. The van der Waals surface area contributed by atoms with Crippen LogP contribution in [0.2, 0.25) is 0 Å². The van der Waals surface area contributed by atoms with Crippen LogP contribution in [-0.2, 0) is 16.0 Å². The van der Waals surface area contributed by atoms with Gasteiger partial charge < -0.3 is 24.1 Å². The van der Waals surface area contributed by atoms with Crippen molar-refractivity contribution >= 4 is 11.8 Å². The van der Waals surface area contributed by atoms with E-state index in [0.29, 0.717) is 24.6 Å². The Labute approximate surface area is 205 Å². The molecule has 2 amide bonds. The van der Waals surface area contributed by atoms with E-state index in [9.17, 15) is 9.59 Å². The van der Waals surface area contributed by atoms with Crippen LogP contribution in [0.25, 0.3) is 0 Å². The number of carbonyl (C=O) groups is 2. The van der Waals surface area contributed by atoms with Crippen LogP contribution < -0.4 is 10.1 Å². The molecular formula is C28H30N2O5. The molecule has 0 aliphatic carbocycles. The van der Waals surface area contributed by atoms with Crippen LogP contribution in [0.1, 0.15) is 51.7 Å². The van der Waals surface area contributed by atoms with Gasteiger partial charge in [0.15, 0.2) is 12.4 Å². The SMILES string of the molecule is Cc1cccc([C@@H]2c3cc(OCC(=O)NC[C@@H]4CCCO4)ccc3CCN2C(=O)c2ccco2)c1. The summed E-state index contributed by atoms with van der Waals surface area (Å²) < 4.78 is 16.8. The van der Waals surface area contributed by atoms with Gasteiger partial charge in [-0.25, -0.2) is 0 Å². The molecule has 0 bridgehead atoms. The Morgan fingerprint density at radius 2 is 2.06 bits per heavy atom. The summed E-state index contributed by atoms with van der Waals surface area (Å²) in [4.78, 5) is 27.5. The van der Waals surface area contributed by atoms with E-state index < -0.39 is 0 Å². The second-order valence-electron chi connectivity index (χ2n) is 9.13. The van der Waals surface area contributed by atoms with Crippen molar-refractivity contribution in [2.75, 3.05) is 26.3 Å². The number of fused-ring (bicyclic) bond motifs is 1. The molecule has 0 radical (unpaired) electrons. The monoisotopic (exact) mass is 474 g/mol. The quantitative estimate of drug-likeness (QED) is 0.559. The van der Waals surface area contributed by atoms with E-state index >= 15 is 0 Å². The van der Waals surface area contributed by atoms with Crippen molar-refractivity contribution < 1.29 is 23.5 Å². The van der Waals surface area contributed by atoms with Gasteiger partial charge in [-0.2, -0.15) is 0 Å². The summed E-state index contributed by atoms with van der Waals surface area (Å²) in [6, 6.07) is 17.2. The van der Waals surface area contributed by atoms with Crippen LogP contribution in [0.15, 0.2) is 65.3 Å². The topological polar surface area (TPSA) is 81.0 Å². The predicted molar refractivity (Wildman–Crippen MR) is 130 cm³/mol. The van der Waals surface area contributed by atoms with Gasteiger partial charge >= 0.3 is 0 Å². The number of ether oxygens (including phenoxy) is 2. The average Bonchev–Trinajstić information content (AvgIpc) is 3.60. The number of amides is 2. The minimum Gasteiger partial charge on any atom is -0.484 e. The van der Waals surface area contributed by atoms with E-state index in [1.165, 1.54) is 6.26 Å². The maximum atomic E-state index is 13.4. The van der Waals surface area contributed by atoms with Gasteiger partial charge in [-0.3, -0.25) is 9.59 Å². The van der Waals surface area contributed by atoms with Gasteiger partial charge in [0.1, 0.15) is 5.75 Å². The van der Waals surface area contributed by atoms with Crippen LogP contribution in [-0.4, -0.2) is 49.1 Å². The maximum Gasteiger partial charge on any atom is 0.290 e. The second kappa shape index (κ2) is 10.4. The fourth-order valence-corrected chi connectivity index (χ4v) is 4.88. The summed E-state index contributed by atoms with van der Waals surface area (Å²) in [6.07, 6.45) is 4.35. The second-order valence-corrected chi connectivity index (χ2v) is 9.13. The van der Waals surface area contributed by atoms with Gasteiger partial charge in [-0.15, -0.1) is 0 Å². The molecule has 2 aliphatic rings. The summed E-state index contributed by atoms with van der Waals surface area (Å²) in [5.74, 6) is 0.595. The molecule has 3 heterocycles. The van der Waals surface area contributed by atoms with E-state index in [1.807, 2.05) is 48.2 Å². The van der Waals surface area contributed by atoms with Crippen LogP contribution >= 0.6 is 0 Å². The van der Waals surface area contributed by atoms with Crippen molar-refractivity contribution in [1.29, 1.82) is 0 Å². The molecule has 1 fully saturated rings. The van der Waals surface area contributed by atoms with E-state index in [0.717, 1.165) is 48.1 Å². The van der Waals surface area contributed by atoms with Gasteiger partial charge in [0.25, 0.3) is 11.8 Å². The van der Waals surface area contributed by atoms with Crippen molar-refractivity contribution in [3.8, 4) is 5.75 Å². The number of aryl methyl sites for hydroxylation is 1. The number of hydrogen-bond acceptors (Lipinski definition) is 5. The third kappa shape index (κ3) is 5.25. The summed E-state index contributed by atoms with van der Waals surface area (Å²) in [7, 11) is 0. The first-order chi connectivity index (χ1) is 17.1. The zero-order valence-corrected chi connectivity index (χ0v) is 19.9. The predicted octanol–water partition coefficient (Wildman–Crippen LogP) is 4.05. The number of nitrogens with zero attached hydrogens (tertiary/aromatic N) is 1. The molecule has 2 aromatic carbocycles. The van der Waals surface area contributed by atoms with Crippen LogP contribution in [0.3, 0.4) is 0 Å². The van der Waals surface area contributed by atoms with Gasteiger partial charge in [0.05, 0.1) is 18.4 Å². The third-order valence-electron chi connectivity index (χ3n) is 6.62. The molecule has 7 heteroatoms. The maximum absolute atomic E-state index is 13.4. The van der Waals surface area contributed by atoms with Crippen molar-refractivity contribution in [1.82, 2.24) is 10.2 Å². The highest BCUT2D eigenvalue weighted by molar-refractivity contribution is 5.92. The van der Waals surface area contributed by atoms with Crippen LogP contribution in [0.4, 0.5) is 0 Å². The zero-order chi connectivity index (χ0) is 24.2. The minimum atomic E-state index is -0.284. The van der Waals surface area contributed by atoms with Crippen LogP contribution in [0, 0.1) is 6.92 Å². The molecule has 1 saturated heterocycles.